The Morgan fingerprint density at radius 2 is 1.90 bits per heavy atom. The number of phenols is 1. The highest BCUT2D eigenvalue weighted by atomic mass is 16.3. The van der Waals surface area contributed by atoms with Crippen molar-refractivity contribution in [2.24, 2.45) is 0 Å². The number of aromatic hydroxyl groups is 1. The average molecular weight is 274 g/mol. The Hall–Kier alpha value is -2.70. The molecule has 2 aliphatic heterocycles. The summed E-state index contributed by atoms with van der Waals surface area (Å²) in [7, 11) is 0. The standard InChI is InChI=1S/C13H10N2O5/c16-8-3-1-2-6-10(8)13(20)15(12(6)19)7-4-5-9(17)14-11(7)18/h1-3,7,16H,4-5H2,(H,14,17,18)/t7-/m0/s1. The third-order valence-electron chi connectivity index (χ3n) is 3.45. The maximum absolute atomic E-state index is 12.2. The molecule has 0 bridgehead atoms. The number of fused-ring (bicyclic) bond motifs is 1. The normalized spacial score (nSPS) is 22.0. The molecule has 0 saturated carbocycles. The second kappa shape index (κ2) is 4.16. The Morgan fingerprint density at radius 3 is 2.55 bits per heavy atom. The Morgan fingerprint density at radius 1 is 1.15 bits per heavy atom. The quantitative estimate of drug-likeness (QED) is 0.690. The fourth-order valence-electron chi connectivity index (χ4n) is 2.50. The van der Waals surface area contributed by atoms with Crippen LogP contribution in [-0.4, -0.2) is 39.7 Å². The van der Waals surface area contributed by atoms with Gasteiger partial charge in [0.05, 0.1) is 11.1 Å². The molecule has 2 N–H and O–H groups in total. The van der Waals surface area contributed by atoms with Crippen LogP contribution in [0.1, 0.15) is 33.6 Å². The fourth-order valence-corrected chi connectivity index (χ4v) is 2.50. The lowest BCUT2D eigenvalue weighted by molar-refractivity contribution is -0.136. The lowest BCUT2D eigenvalue weighted by atomic mass is 10.0. The maximum Gasteiger partial charge on any atom is 0.266 e. The van der Waals surface area contributed by atoms with Crippen molar-refractivity contribution < 1.29 is 24.3 Å². The van der Waals surface area contributed by atoms with Crippen LogP contribution in [0, 0.1) is 0 Å². The lowest BCUT2D eigenvalue weighted by Crippen LogP contribution is -2.54. The molecule has 1 aromatic carbocycles. The van der Waals surface area contributed by atoms with Gasteiger partial charge >= 0.3 is 0 Å². The van der Waals surface area contributed by atoms with Crippen LogP contribution in [0.2, 0.25) is 0 Å². The first-order valence-electron chi connectivity index (χ1n) is 6.04. The van der Waals surface area contributed by atoms with Crippen LogP contribution in [0.15, 0.2) is 18.2 Å². The summed E-state index contributed by atoms with van der Waals surface area (Å²) in [5, 5.41) is 11.8. The monoisotopic (exact) mass is 274 g/mol. The van der Waals surface area contributed by atoms with Gasteiger partial charge in [0, 0.05) is 6.42 Å². The van der Waals surface area contributed by atoms with E-state index in [2.05, 4.69) is 5.32 Å². The van der Waals surface area contributed by atoms with Crippen molar-refractivity contribution in [2.75, 3.05) is 0 Å². The van der Waals surface area contributed by atoms with Crippen molar-refractivity contribution in [1.29, 1.82) is 0 Å². The zero-order valence-corrected chi connectivity index (χ0v) is 10.3. The van der Waals surface area contributed by atoms with E-state index in [4.69, 9.17) is 0 Å². The highest BCUT2D eigenvalue weighted by Gasteiger charge is 2.45. The summed E-state index contributed by atoms with van der Waals surface area (Å²) in [5.41, 5.74) is -0.0260. The van der Waals surface area contributed by atoms with Gasteiger partial charge < -0.3 is 5.11 Å². The first-order valence-corrected chi connectivity index (χ1v) is 6.04. The third kappa shape index (κ3) is 1.59. The van der Waals surface area contributed by atoms with Gasteiger partial charge in [-0.3, -0.25) is 29.4 Å². The zero-order valence-electron chi connectivity index (χ0n) is 10.3. The minimum absolute atomic E-state index is 0.0653. The number of nitrogens with one attached hydrogen (secondary N) is 1. The molecule has 1 fully saturated rings. The van der Waals surface area contributed by atoms with Gasteiger partial charge in [0.25, 0.3) is 11.8 Å². The van der Waals surface area contributed by atoms with Crippen molar-refractivity contribution in [3.63, 3.8) is 0 Å². The van der Waals surface area contributed by atoms with Gasteiger partial charge in [-0.25, -0.2) is 0 Å². The SMILES string of the molecule is O=C1CC[C@H](N2C(=O)c3cccc(O)c3C2=O)C(=O)N1. The van der Waals surface area contributed by atoms with Crippen molar-refractivity contribution >= 4 is 23.6 Å². The topological polar surface area (TPSA) is 104 Å². The molecule has 0 aliphatic carbocycles. The molecule has 0 spiro atoms. The zero-order chi connectivity index (χ0) is 14.4. The van der Waals surface area contributed by atoms with Gasteiger partial charge in [-0.2, -0.15) is 0 Å². The number of rotatable bonds is 1. The molecule has 20 heavy (non-hydrogen) atoms. The summed E-state index contributed by atoms with van der Waals surface area (Å²) in [6.07, 6.45) is 0.159. The van der Waals surface area contributed by atoms with Crippen LogP contribution in [0.3, 0.4) is 0 Å². The molecule has 0 unspecified atom stereocenters. The molecular formula is C13H10N2O5. The smallest absolute Gasteiger partial charge is 0.266 e. The number of benzene rings is 1. The van der Waals surface area contributed by atoms with Crippen LogP contribution in [0.5, 0.6) is 5.75 Å². The number of piperidine rings is 1. The van der Waals surface area contributed by atoms with Crippen molar-refractivity contribution in [3.8, 4) is 5.75 Å². The molecule has 4 amide bonds. The lowest BCUT2D eigenvalue weighted by Gasteiger charge is -2.27. The van der Waals surface area contributed by atoms with E-state index in [9.17, 15) is 24.3 Å². The summed E-state index contributed by atoms with van der Waals surface area (Å²) in [4.78, 5) is 48.1. The molecule has 7 heteroatoms. The molecule has 1 aromatic rings. The van der Waals surface area contributed by atoms with Gasteiger partial charge in [0.1, 0.15) is 11.8 Å². The van der Waals surface area contributed by atoms with E-state index < -0.39 is 29.7 Å². The summed E-state index contributed by atoms with van der Waals surface area (Å²) >= 11 is 0. The molecule has 3 rings (SSSR count). The summed E-state index contributed by atoms with van der Waals surface area (Å²) in [5.74, 6) is -2.73. The Kier molecular flexibility index (Phi) is 2.56. The fraction of sp³-hybridized carbons (Fsp3) is 0.231. The Balaban J connectivity index is 2.00. The highest BCUT2D eigenvalue weighted by Crippen LogP contribution is 2.32. The second-order valence-corrected chi connectivity index (χ2v) is 4.65. The number of imide groups is 2. The third-order valence-corrected chi connectivity index (χ3v) is 3.45. The van der Waals surface area contributed by atoms with E-state index >= 15 is 0 Å². The molecule has 102 valence electrons. The van der Waals surface area contributed by atoms with Gasteiger partial charge in [-0.05, 0) is 18.6 Å². The second-order valence-electron chi connectivity index (χ2n) is 4.65. The van der Waals surface area contributed by atoms with Crippen molar-refractivity contribution in [1.82, 2.24) is 10.2 Å². The molecule has 1 saturated heterocycles. The molecule has 1 atom stereocenters. The summed E-state index contributed by atoms with van der Waals surface area (Å²) < 4.78 is 0. The summed E-state index contributed by atoms with van der Waals surface area (Å²) in [6.45, 7) is 0. The number of hydrogen-bond donors (Lipinski definition) is 2. The van der Waals surface area contributed by atoms with Gasteiger partial charge in [0.2, 0.25) is 11.8 Å². The Labute approximate surface area is 113 Å². The van der Waals surface area contributed by atoms with Gasteiger partial charge in [-0.1, -0.05) is 6.07 Å². The van der Waals surface area contributed by atoms with Crippen LogP contribution in [0.4, 0.5) is 0 Å². The first kappa shape index (κ1) is 12.3. The molecule has 2 aliphatic rings. The number of hydrogen-bond acceptors (Lipinski definition) is 5. The number of carbonyl (C=O) groups excluding carboxylic acids is 4. The van der Waals surface area contributed by atoms with Crippen LogP contribution >= 0.6 is 0 Å². The van der Waals surface area contributed by atoms with E-state index in [1.54, 1.807) is 0 Å². The largest absolute Gasteiger partial charge is 0.507 e. The van der Waals surface area contributed by atoms with E-state index in [0.717, 1.165) is 4.90 Å². The van der Waals surface area contributed by atoms with Gasteiger partial charge in [-0.15, -0.1) is 0 Å². The summed E-state index contributed by atoms with van der Waals surface area (Å²) in [6, 6.07) is 3.16. The maximum atomic E-state index is 12.2. The van der Waals surface area contributed by atoms with E-state index in [0.29, 0.717) is 0 Å². The predicted octanol–water partition coefficient (Wildman–Crippen LogP) is -0.207. The number of amides is 4. The first-order chi connectivity index (χ1) is 9.50. The molecule has 0 aromatic heterocycles. The van der Waals surface area contributed by atoms with Crippen molar-refractivity contribution in [2.45, 2.75) is 18.9 Å². The average Bonchev–Trinajstić information content (AvgIpc) is 2.64. The van der Waals surface area contributed by atoms with Crippen LogP contribution in [-0.2, 0) is 9.59 Å². The number of carbonyl (C=O) groups is 4. The number of nitrogens with zero attached hydrogens (tertiary/aromatic N) is 1. The van der Waals surface area contributed by atoms with E-state index in [1.807, 2.05) is 0 Å². The highest BCUT2D eigenvalue weighted by molar-refractivity contribution is 6.24. The minimum atomic E-state index is -1.01. The molecule has 0 radical (unpaired) electrons. The van der Waals surface area contributed by atoms with E-state index in [-0.39, 0.29) is 29.7 Å². The molecular weight excluding hydrogens is 264 g/mol. The molecule has 2 heterocycles. The minimum Gasteiger partial charge on any atom is -0.507 e. The number of phenolic OH excluding ortho intramolecular Hbond substituents is 1. The Bertz CT molecular complexity index is 667. The van der Waals surface area contributed by atoms with Crippen molar-refractivity contribution in [3.05, 3.63) is 29.3 Å². The van der Waals surface area contributed by atoms with Gasteiger partial charge in [0.15, 0.2) is 0 Å². The molecule has 7 nitrogen and oxygen atoms in total. The van der Waals surface area contributed by atoms with Crippen LogP contribution < -0.4 is 5.32 Å². The van der Waals surface area contributed by atoms with Crippen LogP contribution in [0.25, 0.3) is 0 Å². The predicted molar refractivity (Wildman–Crippen MR) is 64.8 cm³/mol. The van der Waals surface area contributed by atoms with E-state index in [1.165, 1.54) is 18.2 Å².